The molecule has 0 heterocycles. The van der Waals surface area contributed by atoms with Crippen molar-refractivity contribution in [3.63, 3.8) is 0 Å². The molecule has 0 aromatic heterocycles. The van der Waals surface area contributed by atoms with E-state index in [9.17, 15) is 18.0 Å². The van der Waals surface area contributed by atoms with E-state index in [0.29, 0.717) is 15.6 Å². The van der Waals surface area contributed by atoms with E-state index >= 15 is 0 Å². The van der Waals surface area contributed by atoms with Crippen molar-refractivity contribution >= 4 is 50.7 Å². The zero-order valence-corrected chi connectivity index (χ0v) is 24.6. The molecule has 4 aromatic rings. The maximum absolute atomic E-state index is 14.2. The zero-order valence-electron chi connectivity index (χ0n) is 22.3. The van der Waals surface area contributed by atoms with Gasteiger partial charge in [0.25, 0.3) is 10.0 Å². The van der Waals surface area contributed by atoms with Gasteiger partial charge in [-0.1, -0.05) is 89.9 Å². The molecule has 0 radical (unpaired) electrons. The molecule has 7 nitrogen and oxygen atoms in total. The molecule has 41 heavy (non-hydrogen) atoms. The summed E-state index contributed by atoms with van der Waals surface area (Å²) in [6.07, 6.45) is 0.218. The number of halogens is 2. The minimum Gasteiger partial charge on any atom is -0.357 e. The zero-order chi connectivity index (χ0) is 29.4. The van der Waals surface area contributed by atoms with Crippen molar-refractivity contribution in [3.8, 4) is 0 Å². The first-order valence-corrected chi connectivity index (χ1v) is 15.0. The topological polar surface area (TPSA) is 86.8 Å². The fourth-order valence-electron chi connectivity index (χ4n) is 4.43. The van der Waals surface area contributed by atoms with Crippen LogP contribution in [0, 0.1) is 0 Å². The van der Waals surface area contributed by atoms with Gasteiger partial charge in [0, 0.05) is 30.1 Å². The molecule has 0 spiro atoms. The third-order valence-electron chi connectivity index (χ3n) is 6.47. The minimum atomic E-state index is -4.18. The second-order valence-corrected chi connectivity index (χ2v) is 12.0. The Morgan fingerprint density at radius 1 is 0.780 bits per heavy atom. The van der Waals surface area contributed by atoms with E-state index in [1.165, 1.54) is 30.1 Å². The average molecular weight is 611 g/mol. The third kappa shape index (κ3) is 7.67. The number of carbonyl (C=O) groups excluding carboxylic acids is 2. The monoisotopic (exact) mass is 609 g/mol. The smallest absolute Gasteiger partial charge is 0.264 e. The molecule has 212 valence electrons. The molecule has 0 saturated heterocycles. The van der Waals surface area contributed by atoms with Crippen LogP contribution in [0.1, 0.15) is 11.1 Å². The average Bonchev–Trinajstić information content (AvgIpc) is 2.98. The lowest BCUT2D eigenvalue weighted by Gasteiger charge is -2.33. The summed E-state index contributed by atoms with van der Waals surface area (Å²) in [6, 6.07) is 29.5. The van der Waals surface area contributed by atoms with Crippen molar-refractivity contribution in [1.82, 2.24) is 10.2 Å². The number of hydrogen-bond donors (Lipinski definition) is 1. The van der Waals surface area contributed by atoms with E-state index in [2.05, 4.69) is 5.32 Å². The number of anilines is 1. The predicted octanol–water partition coefficient (Wildman–Crippen LogP) is 5.57. The number of likely N-dealkylation sites (N-methyl/N-ethyl adjacent to an activating group) is 1. The Morgan fingerprint density at radius 2 is 1.37 bits per heavy atom. The van der Waals surface area contributed by atoms with Crippen LogP contribution in [0.2, 0.25) is 10.0 Å². The first kappa shape index (κ1) is 30.1. The van der Waals surface area contributed by atoms with E-state index in [1.807, 2.05) is 30.3 Å². The van der Waals surface area contributed by atoms with Crippen LogP contribution in [0.3, 0.4) is 0 Å². The van der Waals surface area contributed by atoms with Crippen LogP contribution in [0.15, 0.2) is 114 Å². The van der Waals surface area contributed by atoms with Gasteiger partial charge in [0.1, 0.15) is 12.6 Å². The van der Waals surface area contributed by atoms with Crippen LogP contribution < -0.4 is 9.62 Å². The number of carbonyl (C=O) groups is 2. The summed E-state index contributed by atoms with van der Waals surface area (Å²) >= 11 is 12.5. The lowest BCUT2D eigenvalue weighted by Crippen LogP contribution is -2.53. The number of rotatable bonds is 11. The number of amides is 2. The van der Waals surface area contributed by atoms with Crippen LogP contribution in [-0.2, 0) is 32.6 Å². The van der Waals surface area contributed by atoms with E-state index in [1.54, 1.807) is 60.7 Å². The van der Waals surface area contributed by atoms with Gasteiger partial charge in [0.2, 0.25) is 11.8 Å². The molecule has 0 aliphatic carbocycles. The van der Waals surface area contributed by atoms with Gasteiger partial charge in [0.15, 0.2) is 0 Å². The summed E-state index contributed by atoms with van der Waals surface area (Å²) in [5.74, 6) is -0.960. The Balaban J connectivity index is 1.78. The second kappa shape index (κ2) is 13.7. The summed E-state index contributed by atoms with van der Waals surface area (Å²) in [6.45, 7) is -0.542. The molecule has 0 saturated carbocycles. The first-order chi connectivity index (χ1) is 19.7. The number of hydrogen-bond acceptors (Lipinski definition) is 4. The van der Waals surface area contributed by atoms with E-state index in [-0.39, 0.29) is 29.5 Å². The highest BCUT2D eigenvalue weighted by atomic mass is 35.5. The van der Waals surface area contributed by atoms with Gasteiger partial charge < -0.3 is 10.2 Å². The van der Waals surface area contributed by atoms with E-state index in [4.69, 9.17) is 23.2 Å². The highest BCUT2D eigenvalue weighted by Crippen LogP contribution is 2.27. The highest BCUT2D eigenvalue weighted by Gasteiger charge is 2.34. The third-order valence-corrected chi connectivity index (χ3v) is 8.72. The van der Waals surface area contributed by atoms with Crippen LogP contribution in [0.5, 0.6) is 0 Å². The maximum atomic E-state index is 14.2. The largest absolute Gasteiger partial charge is 0.357 e. The molecule has 1 N–H and O–H groups in total. The predicted molar refractivity (Wildman–Crippen MR) is 162 cm³/mol. The van der Waals surface area contributed by atoms with Gasteiger partial charge in [-0.05, 0) is 53.6 Å². The summed E-state index contributed by atoms with van der Waals surface area (Å²) in [5.41, 5.74) is 1.75. The Labute approximate surface area is 250 Å². The fourth-order valence-corrected chi connectivity index (χ4v) is 6.26. The standard InChI is InChI=1S/C31H29Cl2N3O4S/c1-34-31(38)29(19-23-10-4-2-5-11-23)35(21-24-12-8-13-25(32)18-24)30(37)22-36(27-15-9-14-26(33)20-27)41(39,40)28-16-6-3-7-17-28/h2-18,20,29H,19,21-22H2,1H3,(H,34,38)/t29-/m1/s1. The number of sulfonamides is 1. The second-order valence-electron chi connectivity index (χ2n) is 9.28. The summed E-state index contributed by atoms with van der Waals surface area (Å²) < 4.78 is 28.8. The van der Waals surface area contributed by atoms with Crippen molar-refractivity contribution in [2.45, 2.75) is 23.9 Å². The minimum absolute atomic E-state index is 0.0151. The van der Waals surface area contributed by atoms with Crippen molar-refractivity contribution in [1.29, 1.82) is 0 Å². The summed E-state index contributed by atoms with van der Waals surface area (Å²) in [4.78, 5) is 28.9. The molecule has 0 aliphatic rings. The van der Waals surface area contributed by atoms with Gasteiger partial charge in [-0.25, -0.2) is 8.42 Å². The molecule has 2 amide bonds. The van der Waals surface area contributed by atoms with Crippen molar-refractivity contribution in [3.05, 3.63) is 130 Å². The Hall–Kier alpha value is -3.85. The fraction of sp³-hybridized carbons (Fsp3) is 0.161. The molecular weight excluding hydrogens is 581 g/mol. The molecule has 4 rings (SSSR count). The van der Waals surface area contributed by atoms with Gasteiger partial charge in [-0.15, -0.1) is 0 Å². The molecule has 0 unspecified atom stereocenters. The molecule has 0 aliphatic heterocycles. The van der Waals surface area contributed by atoms with E-state index in [0.717, 1.165) is 9.87 Å². The Kier molecular flexibility index (Phi) is 10.0. The van der Waals surface area contributed by atoms with Crippen molar-refractivity contribution < 1.29 is 18.0 Å². The van der Waals surface area contributed by atoms with E-state index < -0.39 is 28.5 Å². The molecule has 0 bridgehead atoms. The maximum Gasteiger partial charge on any atom is 0.264 e. The summed E-state index contributed by atoms with van der Waals surface area (Å²) in [5, 5.41) is 3.44. The first-order valence-electron chi connectivity index (χ1n) is 12.8. The lowest BCUT2D eigenvalue weighted by molar-refractivity contribution is -0.139. The molecule has 4 aromatic carbocycles. The SMILES string of the molecule is CNC(=O)[C@@H](Cc1ccccc1)N(Cc1cccc(Cl)c1)C(=O)CN(c1cccc(Cl)c1)S(=O)(=O)c1ccccc1. The van der Waals surface area contributed by atoms with Crippen molar-refractivity contribution in [2.75, 3.05) is 17.9 Å². The molecule has 1 atom stereocenters. The van der Waals surface area contributed by atoms with Crippen LogP contribution in [0.25, 0.3) is 0 Å². The normalized spacial score (nSPS) is 11.9. The van der Waals surface area contributed by atoms with Crippen LogP contribution >= 0.6 is 23.2 Å². The van der Waals surface area contributed by atoms with Gasteiger partial charge in [-0.2, -0.15) is 0 Å². The Bertz CT molecular complexity index is 1600. The molecular formula is C31H29Cl2N3O4S. The quantitative estimate of drug-likeness (QED) is 0.241. The van der Waals surface area contributed by atoms with Gasteiger partial charge >= 0.3 is 0 Å². The number of nitrogens with one attached hydrogen (secondary N) is 1. The Morgan fingerprint density at radius 3 is 1.98 bits per heavy atom. The van der Waals surface area contributed by atoms with Crippen LogP contribution in [-0.4, -0.2) is 44.8 Å². The highest BCUT2D eigenvalue weighted by molar-refractivity contribution is 7.92. The van der Waals surface area contributed by atoms with Crippen LogP contribution in [0.4, 0.5) is 5.69 Å². The number of nitrogens with zero attached hydrogens (tertiary/aromatic N) is 2. The molecule has 0 fully saturated rings. The van der Waals surface area contributed by atoms with Gasteiger partial charge in [0.05, 0.1) is 10.6 Å². The van der Waals surface area contributed by atoms with Crippen molar-refractivity contribution in [2.24, 2.45) is 0 Å². The lowest BCUT2D eigenvalue weighted by atomic mass is 10.0. The summed E-state index contributed by atoms with van der Waals surface area (Å²) in [7, 11) is -2.68. The number of benzene rings is 4. The van der Waals surface area contributed by atoms with Gasteiger partial charge in [-0.3, -0.25) is 13.9 Å². The molecule has 10 heteroatoms.